The number of aromatic nitrogens is 4. The molecule has 0 spiro atoms. The number of nitrogens with zero attached hydrogens (tertiary/aromatic N) is 5. The number of hydrogen-bond donors (Lipinski definition) is 0. The summed E-state index contributed by atoms with van der Waals surface area (Å²) in [5, 5.41) is 8.63. The molecule has 5 rings (SSSR count). The van der Waals surface area contributed by atoms with Crippen molar-refractivity contribution in [1.29, 1.82) is 0 Å². The summed E-state index contributed by atoms with van der Waals surface area (Å²) < 4.78 is 7.72. The van der Waals surface area contributed by atoms with Gasteiger partial charge in [-0.3, -0.25) is 9.20 Å². The number of para-hydroxylation sites is 1. The Morgan fingerprint density at radius 1 is 1.00 bits per heavy atom. The molecule has 30 heavy (non-hydrogen) atoms. The van der Waals surface area contributed by atoms with Gasteiger partial charge in [-0.2, -0.15) is 0 Å². The molecule has 1 unspecified atom stereocenters. The standard InChI is InChI=1S/C23H21N5O2/c29-23(17-11-12-21(24-15-17)30-19-8-2-1-3-9-19)27-13-6-7-18(16-27)22-26-25-20-10-4-5-14-28(20)22/h1-5,8-12,14-15,18H,6-7,13,16H2. The number of carbonyl (C=O) groups is 1. The van der Waals surface area contributed by atoms with E-state index in [-0.39, 0.29) is 11.8 Å². The molecule has 1 fully saturated rings. The maximum absolute atomic E-state index is 13.1. The van der Waals surface area contributed by atoms with Crippen molar-refractivity contribution in [2.45, 2.75) is 18.8 Å². The molecule has 1 aliphatic heterocycles. The van der Waals surface area contributed by atoms with E-state index in [0.29, 0.717) is 23.7 Å². The van der Waals surface area contributed by atoms with Crippen LogP contribution in [0.2, 0.25) is 0 Å². The van der Waals surface area contributed by atoms with Crippen LogP contribution in [0.3, 0.4) is 0 Å². The van der Waals surface area contributed by atoms with Crippen molar-refractivity contribution in [3.05, 3.63) is 84.4 Å². The van der Waals surface area contributed by atoms with Crippen molar-refractivity contribution in [3.8, 4) is 11.6 Å². The third-order valence-electron chi connectivity index (χ3n) is 5.36. The molecule has 1 atom stereocenters. The van der Waals surface area contributed by atoms with Gasteiger partial charge in [-0.15, -0.1) is 10.2 Å². The second kappa shape index (κ2) is 7.94. The fourth-order valence-corrected chi connectivity index (χ4v) is 3.87. The van der Waals surface area contributed by atoms with Gasteiger partial charge in [-0.25, -0.2) is 4.98 Å². The maximum Gasteiger partial charge on any atom is 0.255 e. The van der Waals surface area contributed by atoms with Crippen molar-refractivity contribution in [3.63, 3.8) is 0 Å². The van der Waals surface area contributed by atoms with E-state index in [1.807, 2.05) is 64.0 Å². The first kappa shape index (κ1) is 18.3. The molecule has 7 nitrogen and oxygen atoms in total. The Morgan fingerprint density at radius 2 is 1.87 bits per heavy atom. The predicted octanol–water partition coefficient (Wildman–Crippen LogP) is 3.94. The zero-order valence-electron chi connectivity index (χ0n) is 16.4. The maximum atomic E-state index is 13.1. The number of amides is 1. The fourth-order valence-electron chi connectivity index (χ4n) is 3.87. The van der Waals surface area contributed by atoms with E-state index < -0.39 is 0 Å². The fraction of sp³-hybridized carbons (Fsp3) is 0.217. The van der Waals surface area contributed by atoms with Gasteiger partial charge in [0.25, 0.3) is 5.91 Å². The minimum atomic E-state index is -0.0210. The number of piperidine rings is 1. The van der Waals surface area contributed by atoms with Gasteiger partial charge in [0.1, 0.15) is 11.6 Å². The molecule has 1 amide bonds. The van der Waals surface area contributed by atoms with Crippen LogP contribution in [-0.2, 0) is 0 Å². The summed E-state index contributed by atoms with van der Waals surface area (Å²) in [5.41, 5.74) is 1.39. The summed E-state index contributed by atoms with van der Waals surface area (Å²) in [6, 6.07) is 18.8. The Hall–Kier alpha value is -3.74. The van der Waals surface area contributed by atoms with E-state index in [1.165, 1.54) is 0 Å². The molecule has 0 radical (unpaired) electrons. The average molecular weight is 399 g/mol. The molecule has 7 heteroatoms. The van der Waals surface area contributed by atoms with Crippen LogP contribution in [-0.4, -0.2) is 43.5 Å². The van der Waals surface area contributed by atoms with E-state index in [1.54, 1.807) is 18.3 Å². The first-order valence-electron chi connectivity index (χ1n) is 10.1. The van der Waals surface area contributed by atoms with Crippen LogP contribution in [0, 0.1) is 0 Å². The van der Waals surface area contributed by atoms with Gasteiger partial charge in [0, 0.05) is 37.5 Å². The second-order valence-corrected chi connectivity index (χ2v) is 7.38. The van der Waals surface area contributed by atoms with Crippen LogP contribution >= 0.6 is 0 Å². The number of ether oxygens (including phenoxy) is 1. The Kier molecular flexibility index (Phi) is 4.85. The van der Waals surface area contributed by atoms with Crippen LogP contribution in [0.1, 0.15) is 34.9 Å². The van der Waals surface area contributed by atoms with Gasteiger partial charge < -0.3 is 9.64 Å². The van der Waals surface area contributed by atoms with E-state index in [2.05, 4.69) is 15.2 Å². The van der Waals surface area contributed by atoms with Crippen molar-refractivity contribution in [2.24, 2.45) is 0 Å². The SMILES string of the molecule is O=C(c1ccc(Oc2ccccc2)nc1)N1CCCC(c2nnc3ccccn23)C1. The number of pyridine rings is 2. The molecule has 0 N–H and O–H groups in total. The monoisotopic (exact) mass is 399 g/mol. The Morgan fingerprint density at radius 3 is 2.70 bits per heavy atom. The summed E-state index contributed by atoms with van der Waals surface area (Å²) in [4.78, 5) is 19.2. The number of carbonyl (C=O) groups excluding carboxylic acids is 1. The molecule has 1 aromatic carbocycles. The summed E-state index contributed by atoms with van der Waals surface area (Å²) in [7, 11) is 0. The average Bonchev–Trinajstić information content (AvgIpc) is 3.24. The van der Waals surface area contributed by atoms with Crippen LogP contribution in [0.4, 0.5) is 0 Å². The number of rotatable bonds is 4. The third kappa shape index (κ3) is 3.61. The van der Waals surface area contributed by atoms with Crippen LogP contribution < -0.4 is 4.74 Å². The van der Waals surface area contributed by atoms with Gasteiger partial charge >= 0.3 is 0 Å². The molecular formula is C23H21N5O2. The number of fused-ring (bicyclic) bond motifs is 1. The van der Waals surface area contributed by atoms with Crippen LogP contribution in [0.15, 0.2) is 73.1 Å². The minimum absolute atomic E-state index is 0.0210. The lowest BCUT2D eigenvalue weighted by Gasteiger charge is -2.32. The van der Waals surface area contributed by atoms with Crippen molar-refractivity contribution < 1.29 is 9.53 Å². The highest BCUT2D eigenvalue weighted by molar-refractivity contribution is 5.94. The van der Waals surface area contributed by atoms with Gasteiger partial charge in [-0.05, 0) is 43.2 Å². The predicted molar refractivity (Wildman–Crippen MR) is 112 cm³/mol. The van der Waals surface area contributed by atoms with Crippen molar-refractivity contribution >= 4 is 11.6 Å². The number of hydrogen-bond acceptors (Lipinski definition) is 5. The topological polar surface area (TPSA) is 72.6 Å². The largest absolute Gasteiger partial charge is 0.439 e. The first-order chi connectivity index (χ1) is 14.8. The Labute approximate surface area is 174 Å². The highest BCUT2D eigenvalue weighted by Gasteiger charge is 2.28. The van der Waals surface area contributed by atoms with Crippen LogP contribution in [0.5, 0.6) is 11.6 Å². The second-order valence-electron chi connectivity index (χ2n) is 7.38. The smallest absolute Gasteiger partial charge is 0.255 e. The zero-order valence-corrected chi connectivity index (χ0v) is 16.4. The number of benzene rings is 1. The lowest BCUT2D eigenvalue weighted by atomic mass is 9.96. The summed E-state index contributed by atoms with van der Waals surface area (Å²) in [6.07, 6.45) is 5.47. The summed E-state index contributed by atoms with van der Waals surface area (Å²) in [6.45, 7) is 1.35. The summed E-state index contributed by atoms with van der Waals surface area (Å²) in [5.74, 6) is 2.22. The minimum Gasteiger partial charge on any atom is -0.439 e. The van der Waals surface area contributed by atoms with Crippen LogP contribution in [0.25, 0.3) is 5.65 Å². The molecule has 0 aliphatic carbocycles. The lowest BCUT2D eigenvalue weighted by molar-refractivity contribution is 0.0703. The van der Waals surface area contributed by atoms with E-state index >= 15 is 0 Å². The van der Waals surface area contributed by atoms with E-state index in [9.17, 15) is 4.79 Å². The Balaban J connectivity index is 1.30. The van der Waals surface area contributed by atoms with E-state index in [4.69, 9.17) is 4.74 Å². The van der Waals surface area contributed by atoms with Crippen molar-refractivity contribution in [1.82, 2.24) is 24.5 Å². The normalized spacial score (nSPS) is 16.5. The molecule has 1 aliphatic rings. The first-order valence-corrected chi connectivity index (χ1v) is 10.1. The highest BCUT2D eigenvalue weighted by Crippen LogP contribution is 2.27. The Bertz CT molecular complexity index is 1160. The molecule has 0 bridgehead atoms. The highest BCUT2D eigenvalue weighted by atomic mass is 16.5. The molecular weight excluding hydrogens is 378 g/mol. The van der Waals surface area contributed by atoms with Gasteiger partial charge in [0.05, 0.1) is 5.56 Å². The zero-order chi connectivity index (χ0) is 20.3. The molecule has 3 aromatic heterocycles. The molecule has 4 aromatic rings. The van der Waals surface area contributed by atoms with Gasteiger partial charge in [0.2, 0.25) is 5.88 Å². The molecule has 0 saturated carbocycles. The van der Waals surface area contributed by atoms with Gasteiger partial charge in [0.15, 0.2) is 5.65 Å². The van der Waals surface area contributed by atoms with Gasteiger partial charge in [-0.1, -0.05) is 24.3 Å². The molecule has 150 valence electrons. The third-order valence-corrected chi connectivity index (χ3v) is 5.36. The quantitative estimate of drug-likeness (QED) is 0.520. The lowest BCUT2D eigenvalue weighted by Crippen LogP contribution is -2.39. The summed E-state index contributed by atoms with van der Waals surface area (Å²) >= 11 is 0. The molecule has 4 heterocycles. The van der Waals surface area contributed by atoms with E-state index in [0.717, 1.165) is 30.9 Å². The number of likely N-dealkylation sites (tertiary alicyclic amines) is 1. The molecule has 1 saturated heterocycles. The van der Waals surface area contributed by atoms with Crippen molar-refractivity contribution in [2.75, 3.05) is 13.1 Å².